The molecule has 5 nitrogen and oxygen atoms in total. The molecule has 5 heteroatoms. The van der Waals surface area contributed by atoms with Crippen LogP contribution < -0.4 is 5.32 Å². The predicted molar refractivity (Wildman–Crippen MR) is 94.5 cm³/mol. The molecule has 0 unspecified atom stereocenters. The smallest absolute Gasteiger partial charge is 0.404 e. The second-order valence-electron chi connectivity index (χ2n) is 5.17. The molecule has 3 rings (SSSR count). The van der Waals surface area contributed by atoms with Gasteiger partial charge in [-0.15, -0.1) is 0 Å². The molecule has 3 aromatic rings. The summed E-state index contributed by atoms with van der Waals surface area (Å²) in [7, 11) is 0. The molecule has 1 amide bonds. The van der Waals surface area contributed by atoms with Crippen LogP contribution in [0.3, 0.4) is 0 Å². The molecule has 24 heavy (non-hydrogen) atoms. The number of H-pyrrole nitrogens is 1. The molecule has 3 N–H and O–H groups in total. The van der Waals surface area contributed by atoms with Gasteiger partial charge >= 0.3 is 6.09 Å². The lowest BCUT2D eigenvalue weighted by atomic mass is 10.1. The van der Waals surface area contributed by atoms with E-state index in [4.69, 9.17) is 5.11 Å². The number of hydrogen-bond donors (Lipinski definition) is 3. The molecule has 120 valence electrons. The van der Waals surface area contributed by atoms with Crippen LogP contribution in [0.15, 0.2) is 66.7 Å². The number of amides is 1. The first-order chi connectivity index (χ1) is 11.7. The van der Waals surface area contributed by atoms with Gasteiger partial charge in [0.05, 0.1) is 11.4 Å². The van der Waals surface area contributed by atoms with Gasteiger partial charge in [0.2, 0.25) is 0 Å². The average Bonchev–Trinajstić information content (AvgIpc) is 3.04. The van der Waals surface area contributed by atoms with Crippen molar-refractivity contribution in [1.29, 1.82) is 0 Å². The van der Waals surface area contributed by atoms with Gasteiger partial charge in [-0.1, -0.05) is 66.7 Å². The average molecular weight is 319 g/mol. The molecule has 2 aromatic carbocycles. The van der Waals surface area contributed by atoms with Gasteiger partial charge in [-0.3, -0.25) is 0 Å². The lowest BCUT2D eigenvalue weighted by Crippen LogP contribution is -2.20. The summed E-state index contributed by atoms with van der Waals surface area (Å²) >= 11 is 0. The SMILES string of the molecule is O=C(O)NCC=Cc1nc(-c2ccccc2)c(-c2ccccc2)[nH]1. The Balaban J connectivity index is 1.96. The van der Waals surface area contributed by atoms with Crippen molar-refractivity contribution in [2.24, 2.45) is 0 Å². The lowest BCUT2D eigenvalue weighted by molar-refractivity contribution is 0.195. The van der Waals surface area contributed by atoms with Crippen LogP contribution in [0.1, 0.15) is 5.82 Å². The highest BCUT2D eigenvalue weighted by molar-refractivity contribution is 5.79. The molecule has 0 saturated heterocycles. The Hall–Kier alpha value is -3.34. The molecular weight excluding hydrogens is 302 g/mol. The van der Waals surface area contributed by atoms with Crippen molar-refractivity contribution in [3.8, 4) is 22.5 Å². The molecule has 0 aliphatic carbocycles. The fourth-order valence-corrected chi connectivity index (χ4v) is 2.41. The summed E-state index contributed by atoms with van der Waals surface area (Å²) in [5, 5.41) is 10.9. The van der Waals surface area contributed by atoms with Crippen LogP contribution in [0.25, 0.3) is 28.6 Å². The van der Waals surface area contributed by atoms with Crippen molar-refractivity contribution in [2.75, 3.05) is 6.54 Å². The molecular formula is C19H17N3O2. The molecule has 1 heterocycles. The molecule has 1 aromatic heterocycles. The first-order valence-corrected chi connectivity index (χ1v) is 7.58. The number of benzene rings is 2. The minimum absolute atomic E-state index is 0.234. The minimum atomic E-state index is -1.05. The Labute approximate surface area is 139 Å². The number of carbonyl (C=O) groups is 1. The first kappa shape index (κ1) is 15.6. The summed E-state index contributed by atoms with van der Waals surface area (Å²) in [4.78, 5) is 18.4. The molecule has 0 spiro atoms. The Morgan fingerprint density at radius 2 is 1.67 bits per heavy atom. The first-order valence-electron chi connectivity index (χ1n) is 7.58. The molecule has 0 fully saturated rings. The summed E-state index contributed by atoms with van der Waals surface area (Å²) in [6, 6.07) is 19.9. The third-order valence-corrected chi connectivity index (χ3v) is 3.48. The predicted octanol–water partition coefficient (Wildman–Crippen LogP) is 4.02. The number of aromatic amines is 1. The number of nitrogens with zero attached hydrogens (tertiary/aromatic N) is 1. The number of carboxylic acid groups (broad SMARTS) is 1. The Morgan fingerprint density at radius 1 is 1.04 bits per heavy atom. The quantitative estimate of drug-likeness (QED) is 0.664. The van der Waals surface area contributed by atoms with E-state index in [0.29, 0.717) is 5.82 Å². The summed E-state index contributed by atoms with van der Waals surface area (Å²) < 4.78 is 0. The van der Waals surface area contributed by atoms with E-state index < -0.39 is 6.09 Å². The highest BCUT2D eigenvalue weighted by atomic mass is 16.4. The van der Waals surface area contributed by atoms with Crippen molar-refractivity contribution in [3.63, 3.8) is 0 Å². The normalized spacial score (nSPS) is 10.8. The third-order valence-electron chi connectivity index (χ3n) is 3.48. The maximum atomic E-state index is 10.5. The van der Waals surface area contributed by atoms with Gasteiger partial charge in [-0.2, -0.15) is 0 Å². The third kappa shape index (κ3) is 3.70. The largest absolute Gasteiger partial charge is 0.465 e. The highest BCUT2D eigenvalue weighted by Crippen LogP contribution is 2.30. The summed E-state index contributed by atoms with van der Waals surface area (Å²) in [5.41, 5.74) is 3.88. The molecule has 0 aliphatic heterocycles. The second-order valence-corrected chi connectivity index (χ2v) is 5.17. The fraction of sp³-hybridized carbons (Fsp3) is 0.0526. The zero-order valence-corrected chi connectivity index (χ0v) is 12.9. The van der Waals surface area contributed by atoms with E-state index in [0.717, 1.165) is 22.5 Å². The molecule has 0 atom stereocenters. The highest BCUT2D eigenvalue weighted by Gasteiger charge is 2.12. The van der Waals surface area contributed by atoms with Crippen molar-refractivity contribution >= 4 is 12.2 Å². The topological polar surface area (TPSA) is 78.0 Å². The van der Waals surface area contributed by atoms with Crippen LogP contribution >= 0.6 is 0 Å². The van der Waals surface area contributed by atoms with Crippen molar-refractivity contribution in [1.82, 2.24) is 15.3 Å². The summed E-state index contributed by atoms with van der Waals surface area (Å²) in [6.07, 6.45) is 2.44. The van der Waals surface area contributed by atoms with Crippen LogP contribution in [0.4, 0.5) is 4.79 Å². The van der Waals surface area contributed by atoms with Crippen molar-refractivity contribution in [2.45, 2.75) is 0 Å². The van der Waals surface area contributed by atoms with Crippen LogP contribution in [0, 0.1) is 0 Å². The number of hydrogen-bond acceptors (Lipinski definition) is 2. The molecule has 0 radical (unpaired) electrons. The van der Waals surface area contributed by atoms with Gasteiger partial charge in [-0.25, -0.2) is 9.78 Å². The van der Waals surface area contributed by atoms with E-state index in [1.54, 1.807) is 12.2 Å². The summed E-state index contributed by atoms with van der Waals surface area (Å²) in [5.74, 6) is 0.680. The number of aromatic nitrogens is 2. The number of rotatable bonds is 5. The van der Waals surface area contributed by atoms with E-state index in [2.05, 4.69) is 15.3 Å². The van der Waals surface area contributed by atoms with E-state index >= 15 is 0 Å². The lowest BCUT2D eigenvalue weighted by Gasteiger charge is -2.02. The maximum absolute atomic E-state index is 10.5. The van der Waals surface area contributed by atoms with Gasteiger partial charge < -0.3 is 15.4 Å². The van der Waals surface area contributed by atoms with Crippen molar-refractivity contribution in [3.05, 3.63) is 72.6 Å². The van der Waals surface area contributed by atoms with Crippen LogP contribution in [-0.2, 0) is 0 Å². The monoisotopic (exact) mass is 319 g/mol. The van der Waals surface area contributed by atoms with Gasteiger partial charge in [0, 0.05) is 17.7 Å². The van der Waals surface area contributed by atoms with Gasteiger partial charge in [0.15, 0.2) is 0 Å². The van der Waals surface area contributed by atoms with Gasteiger partial charge in [0.1, 0.15) is 5.82 Å². The Bertz CT molecular complexity index is 783. The van der Waals surface area contributed by atoms with Crippen molar-refractivity contribution < 1.29 is 9.90 Å². The Kier molecular flexibility index (Phi) is 4.72. The molecule has 0 bridgehead atoms. The zero-order valence-electron chi connectivity index (χ0n) is 12.9. The molecule has 0 aliphatic rings. The summed E-state index contributed by atoms with van der Waals surface area (Å²) in [6.45, 7) is 0.234. The minimum Gasteiger partial charge on any atom is -0.465 e. The van der Waals surface area contributed by atoms with Gasteiger partial charge in [-0.05, 0) is 6.08 Å². The number of imidazole rings is 1. The zero-order chi connectivity index (χ0) is 16.8. The van der Waals surface area contributed by atoms with Crippen LogP contribution in [0.2, 0.25) is 0 Å². The van der Waals surface area contributed by atoms with Crippen LogP contribution in [0.5, 0.6) is 0 Å². The van der Waals surface area contributed by atoms with E-state index in [9.17, 15) is 4.79 Å². The number of nitrogens with one attached hydrogen (secondary N) is 2. The Morgan fingerprint density at radius 3 is 2.29 bits per heavy atom. The molecule has 0 saturated carbocycles. The van der Waals surface area contributed by atoms with E-state index in [1.165, 1.54) is 0 Å². The maximum Gasteiger partial charge on any atom is 0.404 e. The van der Waals surface area contributed by atoms with E-state index in [1.807, 2.05) is 60.7 Å². The van der Waals surface area contributed by atoms with Crippen LogP contribution in [-0.4, -0.2) is 27.7 Å². The fourth-order valence-electron chi connectivity index (χ4n) is 2.41. The van der Waals surface area contributed by atoms with E-state index in [-0.39, 0.29) is 6.54 Å². The van der Waals surface area contributed by atoms with Gasteiger partial charge in [0.25, 0.3) is 0 Å². The standard InChI is InChI=1S/C19H17N3O2/c23-19(24)20-13-7-12-16-21-17(14-8-3-1-4-9-14)18(22-16)15-10-5-2-6-11-15/h1-12,20H,13H2,(H,21,22)(H,23,24). The second kappa shape index (κ2) is 7.28.